The summed E-state index contributed by atoms with van der Waals surface area (Å²) in [4.78, 5) is 18.5. The maximum atomic E-state index is 12.9. The quantitative estimate of drug-likeness (QED) is 0.361. The molecule has 2 N–H and O–H groups in total. The zero-order chi connectivity index (χ0) is 18.1. The minimum absolute atomic E-state index is 0.217. The van der Waals surface area contributed by atoms with Gasteiger partial charge < -0.3 is 20.3 Å². The molecule has 138 valence electrons. The molecular weight excluding hydrogens is 343 g/mol. The Bertz CT molecular complexity index is 575. The third-order valence-electron chi connectivity index (χ3n) is 3.97. The number of carbonyl (C=O) groups excluding carboxylic acids is 1. The number of carbonyl (C=O) groups is 1. The van der Waals surface area contributed by atoms with Crippen molar-refractivity contribution in [1.82, 2.24) is 15.5 Å². The van der Waals surface area contributed by atoms with E-state index in [2.05, 4.69) is 15.6 Å². The van der Waals surface area contributed by atoms with Crippen molar-refractivity contribution in [1.29, 1.82) is 0 Å². The second-order valence-corrected chi connectivity index (χ2v) is 6.85. The number of likely N-dealkylation sites (tertiary alicyclic amines) is 1. The number of guanidine groups is 1. The van der Waals surface area contributed by atoms with Crippen LogP contribution in [0, 0.1) is 5.82 Å². The molecule has 1 amide bonds. The Kier molecular flexibility index (Phi) is 7.84. The van der Waals surface area contributed by atoms with Crippen molar-refractivity contribution in [2.24, 2.45) is 4.99 Å². The summed E-state index contributed by atoms with van der Waals surface area (Å²) in [5.41, 5.74) is 0. The summed E-state index contributed by atoms with van der Waals surface area (Å²) in [6, 6.07) is 6.79. The van der Waals surface area contributed by atoms with Crippen molar-refractivity contribution >= 4 is 23.8 Å². The number of nitrogens with zero attached hydrogens (tertiary/aromatic N) is 2. The van der Waals surface area contributed by atoms with Crippen LogP contribution in [0.2, 0.25) is 0 Å². The first-order valence-corrected chi connectivity index (χ1v) is 9.29. The van der Waals surface area contributed by atoms with E-state index in [1.807, 2.05) is 0 Å². The molecule has 0 spiro atoms. The van der Waals surface area contributed by atoms with Gasteiger partial charge in [0.05, 0.1) is 7.11 Å². The summed E-state index contributed by atoms with van der Waals surface area (Å²) < 4.78 is 17.6. The Hall–Kier alpha value is -1.96. The second kappa shape index (κ2) is 10.1. The van der Waals surface area contributed by atoms with Gasteiger partial charge in [-0.05, 0) is 37.1 Å². The Morgan fingerprint density at radius 1 is 1.36 bits per heavy atom. The second-order valence-electron chi connectivity index (χ2n) is 5.68. The number of benzene rings is 1. The predicted molar refractivity (Wildman–Crippen MR) is 98.6 cm³/mol. The zero-order valence-electron chi connectivity index (χ0n) is 14.6. The molecular formula is C17H25FN4O2S. The summed E-state index contributed by atoms with van der Waals surface area (Å²) in [6.07, 6.45) is 1.46. The minimum Gasteiger partial charge on any atom is -0.453 e. The van der Waals surface area contributed by atoms with E-state index in [4.69, 9.17) is 4.74 Å². The fourth-order valence-corrected chi connectivity index (χ4v) is 3.36. The summed E-state index contributed by atoms with van der Waals surface area (Å²) in [5, 5.41) is 6.67. The lowest BCUT2D eigenvalue weighted by Gasteiger charge is -2.32. The van der Waals surface area contributed by atoms with Crippen LogP contribution in [0.5, 0.6) is 0 Å². The van der Waals surface area contributed by atoms with Gasteiger partial charge in [0.15, 0.2) is 5.96 Å². The number of methoxy groups -OCH3 is 1. The lowest BCUT2D eigenvalue weighted by molar-refractivity contribution is 0.111. The van der Waals surface area contributed by atoms with Crippen molar-refractivity contribution in [3.63, 3.8) is 0 Å². The molecule has 0 bridgehead atoms. The highest BCUT2D eigenvalue weighted by molar-refractivity contribution is 7.99. The monoisotopic (exact) mass is 368 g/mol. The van der Waals surface area contributed by atoms with Crippen LogP contribution in [0.4, 0.5) is 9.18 Å². The van der Waals surface area contributed by atoms with Crippen molar-refractivity contribution < 1.29 is 13.9 Å². The number of ether oxygens (including phenoxy) is 1. The number of aliphatic imine (C=N–C) groups is 1. The SMILES string of the molecule is CN=C(NCCSc1ccc(F)cc1)NC1CCN(C(=O)OC)CC1. The third-order valence-corrected chi connectivity index (χ3v) is 4.98. The Morgan fingerprint density at radius 3 is 2.64 bits per heavy atom. The van der Waals surface area contributed by atoms with Crippen LogP contribution < -0.4 is 10.6 Å². The van der Waals surface area contributed by atoms with Crippen LogP contribution in [-0.4, -0.2) is 62.5 Å². The molecule has 0 unspecified atom stereocenters. The van der Waals surface area contributed by atoms with Crippen molar-refractivity contribution in [3.8, 4) is 0 Å². The normalized spacial score (nSPS) is 15.8. The number of hydrogen-bond acceptors (Lipinski definition) is 4. The summed E-state index contributed by atoms with van der Waals surface area (Å²) in [7, 11) is 3.15. The van der Waals surface area contributed by atoms with Gasteiger partial charge in [0, 0.05) is 43.4 Å². The summed E-state index contributed by atoms with van der Waals surface area (Å²) in [6.45, 7) is 2.12. The van der Waals surface area contributed by atoms with Gasteiger partial charge in [-0.25, -0.2) is 9.18 Å². The molecule has 1 heterocycles. The first-order valence-electron chi connectivity index (χ1n) is 8.31. The van der Waals surface area contributed by atoms with Crippen molar-refractivity contribution in [3.05, 3.63) is 30.1 Å². The number of thioether (sulfide) groups is 1. The van der Waals surface area contributed by atoms with Gasteiger partial charge >= 0.3 is 6.09 Å². The van der Waals surface area contributed by atoms with Crippen molar-refractivity contribution in [2.45, 2.75) is 23.8 Å². The number of nitrogens with one attached hydrogen (secondary N) is 2. The highest BCUT2D eigenvalue weighted by Gasteiger charge is 2.23. The average Bonchev–Trinajstić information content (AvgIpc) is 2.65. The van der Waals surface area contributed by atoms with E-state index in [9.17, 15) is 9.18 Å². The van der Waals surface area contributed by atoms with E-state index >= 15 is 0 Å². The molecule has 1 aliphatic heterocycles. The highest BCUT2D eigenvalue weighted by Crippen LogP contribution is 2.17. The number of amides is 1. The van der Waals surface area contributed by atoms with Crippen LogP contribution in [0.3, 0.4) is 0 Å². The highest BCUT2D eigenvalue weighted by atomic mass is 32.2. The van der Waals surface area contributed by atoms with Crippen molar-refractivity contribution in [2.75, 3.05) is 39.5 Å². The molecule has 1 fully saturated rings. The van der Waals surface area contributed by atoms with Gasteiger partial charge in [-0.3, -0.25) is 4.99 Å². The van der Waals surface area contributed by atoms with E-state index in [1.54, 1.807) is 35.8 Å². The molecule has 0 radical (unpaired) electrons. The summed E-state index contributed by atoms with van der Waals surface area (Å²) >= 11 is 1.66. The van der Waals surface area contributed by atoms with Crippen LogP contribution >= 0.6 is 11.8 Å². The predicted octanol–water partition coefficient (Wildman–Crippen LogP) is 2.31. The molecule has 8 heteroatoms. The Morgan fingerprint density at radius 2 is 2.04 bits per heavy atom. The van der Waals surface area contributed by atoms with Crippen LogP contribution in [0.15, 0.2) is 34.2 Å². The molecule has 0 atom stereocenters. The van der Waals surface area contributed by atoms with Gasteiger partial charge in [0.2, 0.25) is 0 Å². The molecule has 0 aliphatic carbocycles. The number of piperidine rings is 1. The molecule has 0 saturated carbocycles. The first kappa shape index (κ1) is 19.4. The minimum atomic E-state index is -0.265. The average molecular weight is 368 g/mol. The van der Waals surface area contributed by atoms with Crippen LogP contribution in [0.1, 0.15) is 12.8 Å². The van der Waals surface area contributed by atoms with Gasteiger partial charge in [0.25, 0.3) is 0 Å². The van der Waals surface area contributed by atoms with Gasteiger partial charge in [-0.1, -0.05) is 0 Å². The standard InChI is InChI=1S/C17H25FN4O2S/c1-19-16(20-9-12-25-15-5-3-13(18)4-6-15)21-14-7-10-22(11-8-14)17(23)24-2/h3-6,14H,7-12H2,1-2H3,(H2,19,20,21). The van der Waals surface area contributed by atoms with E-state index in [-0.39, 0.29) is 18.0 Å². The molecule has 2 rings (SSSR count). The molecule has 1 saturated heterocycles. The number of halogens is 1. The first-order chi connectivity index (χ1) is 12.1. The topological polar surface area (TPSA) is 66.0 Å². The Balaban J connectivity index is 1.65. The fourth-order valence-electron chi connectivity index (χ4n) is 2.59. The lowest BCUT2D eigenvalue weighted by atomic mass is 10.1. The van der Waals surface area contributed by atoms with Crippen LogP contribution in [0.25, 0.3) is 0 Å². The number of rotatable bonds is 5. The molecule has 6 nitrogen and oxygen atoms in total. The molecule has 25 heavy (non-hydrogen) atoms. The maximum Gasteiger partial charge on any atom is 0.409 e. The maximum absolute atomic E-state index is 12.9. The van der Waals surface area contributed by atoms with E-state index in [1.165, 1.54) is 19.2 Å². The van der Waals surface area contributed by atoms with Gasteiger partial charge in [-0.15, -0.1) is 11.8 Å². The van der Waals surface area contributed by atoms with Crippen LogP contribution in [-0.2, 0) is 4.74 Å². The molecule has 1 aromatic carbocycles. The largest absolute Gasteiger partial charge is 0.453 e. The zero-order valence-corrected chi connectivity index (χ0v) is 15.4. The van der Waals surface area contributed by atoms with E-state index in [0.29, 0.717) is 13.1 Å². The fraction of sp³-hybridized carbons (Fsp3) is 0.529. The molecule has 1 aliphatic rings. The molecule has 0 aromatic heterocycles. The third kappa shape index (κ3) is 6.45. The van der Waals surface area contributed by atoms with E-state index < -0.39 is 0 Å². The smallest absolute Gasteiger partial charge is 0.409 e. The number of hydrogen-bond donors (Lipinski definition) is 2. The Labute approximate surface area is 152 Å². The van der Waals surface area contributed by atoms with Gasteiger partial charge in [-0.2, -0.15) is 0 Å². The summed E-state index contributed by atoms with van der Waals surface area (Å²) in [5.74, 6) is 1.40. The van der Waals surface area contributed by atoms with Gasteiger partial charge in [0.1, 0.15) is 5.82 Å². The van der Waals surface area contributed by atoms with E-state index in [0.717, 1.165) is 36.0 Å². The lowest BCUT2D eigenvalue weighted by Crippen LogP contribution is -2.50. The molecule has 1 aromatic rings.